The lowest BCUT2D eigenvalue weighted by molar-refractivity contribution is 0.0949. The van der Waals surface area contributed by atoms with E-state index in [0.29, 0.717) is 59.6 Å². The number of urea groups is 1. The van der Waals surface area contributed by atoms with Crippen molar-refractivity contribution in [2.24, 2.45) is 0 Å². The fraction of sp³-hybridized carbons (Fsp3) is 0.310. The first-order valence-corrected chi connectivity index (χ1v) is 13.7. The summed E-state index contributed by atoms with van der Waals surface area (Å²) >= 11 is 12.0. The Kier molecular flexibility index (Phi) is 10.3. The standard InChI is InChI=1S/C29H33Cl2N5O4/c1-39-17-5-12-32-28(37)22-18-20(33-29(38)34-21-8-10-23(30)24(31)19-21)9-11-25(22)35-13-15-36(16-14-35)26-6-3-4-7-27(26)40-2/h3-4,6-11,18-19H,5,12-17H2,1-2H3,(H,32,37)(H2,33,34,38). The molecule has 0 unspecified atom stereocenters. The predicted molar refractivity (Wildman–Crippen MR) is 162 cm³/mol. The molecule has 1 aliphatic heterocycles. The van der Waals surface area contributed by atoms with Gasteiger partial charge in [0.25, 0.3) is 5.91 Å². The number of nitrogens with zero attached hydrogens (tertiary/aromatic N) is 2. The SMILES string of the molecule is COCCCNC(=O)c1cc(NC(=O)Nc2ccc(Cl)c(Cl)c2)ccc1N1CCN(c2ccccc2OC)CC1. The molecule has 0 spiro atoms. The maximum Gasteiger partial charge on any atom is 0.323 e. The molecule has 9 nitrogen and oxygen atoms in total. The van der Waals surface area contributed by atoms with Crippen LogP contribution in [-0.4, -0.2) is 65.5 Å². The second kappa shape index (κ2) is 14.1. The lowest BCUT2D eigenvalue weighted by Crippen LogP contribution is -2.47. The number of rotatable bonds is 10. The fourth-order valence-corrected chi connectivity index (χ4v) is 4.83. The van der Waals surface area contributed by atoms with Crippen molar-refractivity contribution in [2.75, 3.05) is 74.0 Å². The summed E-state index contributed by atoms with van der Waals surface area (Å²) in [5, 5.41) is 9.23. The first-order chi connectivity index (χ1) is 19.4. The van der Waals surface area contributed by atoms with Gasteiger partial charge in [0.15, 0.2) is 0 Å². The van der Waals surface area contributed by atoms with Crippen molar-refractivity contribution >= 4 is 57.9 Å². The van der Waals surface area contributed by atoms with Gasteiger partial charge in [0.2, 0.25) is 0 Å². The minimum Gasteiger partial charge on any atom is -0.495 e. The molecule has 0 bridgehead atoms. The van der Waals surface area contributed by atoms with Gasteiger partial charge in [-0.05, 0) is 55.0 Å². The fourth-order valence-electron chi connectivity index (χ4n) is 4.53. The maximum atomic E-state index is 13.3. The van der Waals surface area contributed by atoms with Crippen molar-refractivity contribution < 1.29 is 19.1 Å². The van der Waals surface area contributed by atoms with Gasteiger partial charge in [-0.15, -0.1) is 0 Å². The van der Waals surface area contributed by atoms with E-state index >= 15 is 0 Å². The van der Waals surface area contributed by atoms with Gasteiger partial charge in [-0.1, -0.05) is 35.3 Å². The maximum absolute atomic E-state index is 13.3. The van der Waals surface area contributed by atoms with Gasteiger partial charge >= 0.3 is 6.03 Å². The van der Waals surface area contributed by atoms with Crippen molar-refractivity contribution in [2.45, 2.75) is 6.42 Å². The predicted octanol–water partition coefficient (Wildman–Crippen LogP) is 5.74. The molecule has 0 aliphatic carbocycles. The Morgan fingerprint density at radius 1 is 0.825 bits per heavy atom. The number of carbonyl (C=O) groups excluding carboxylic acids is 2. The Labute approximate surface area is 244 Å². The topological polar surface area (TPSA) is 95.2 Å². The molecule has 1 fully saturated rings. The van der Waals surface area contributed by atoms with Gasteiger partial charge in [0.1, 0.15) is 5.75 Å². The molecule has 1 saturated heterocycles. The summed E-state index contributed by atoms with van der Waals surface area (Å²) < 4.78 is 10.6. The zero-order valence-corrected chi connectivity index (χ0v) is 24.0. The minimum atomic E-state index is -0.469. The van der Waals surface area contributed by atoms with Crippen molar-refractivity contribution in [1.82, 2.24) is 5.32 Å². The molecule has 0 atom stereocenters. The number of anilines is 4. The Morgan fingerprint density at radius 2 is 1.48 bits per heavy atom. The molecular formula is C29H33Cl2N5O4. The number of para-hydroxylation sites is 2. The third kappa shape index (κ3) is 7.50. The van der Waals surface area contributed by atoms with Crippen LogP contribution in [0.4, 0.5) is 27.5 Å². The Bertz CT molecular complexity index is 1330. The van der Waals surface area contributed by atoms with Crippen molar-refractivity contribution in [3.63, 3.8) is 0 Å². The first-order valence-electron chi connectivity index (χ1n) is 13.0. The van der Waals surface area contributed by atoms with Gasteiger partial charge < -0.3 is 35.2 Å². The van der Waals surface area contributed by atoms with Crippen LogP contribution in [0.5, 0.6) is 5.75 Å². The highest BCUT2D eigenvalue weighted by Crippen LogP contribution is 2.31. The van der Waals surface area contributed by atoms with Crippen LogP contribution in [0.25, 0.3) is 0 Å². The Hall–Kier alpha value is -3.66. The summed E-state index contributed by atoms with van der Waals surface area (Å²) in [6, 6.07) is 17.7. The lowest BCUT2D eigenvalue weighted by Gasteiger charge is -2.38. The van der Waals surface area contributed by atoms with Crippen molar-refractivity contribution in [3.05, 3.63) is 76.3 Å². The van der Waals surface area contributed by atoms with Crippen LogP contribution < -0.4 is 30.5 Å². The third-order valence-corrected chi connectivity index (χ3v) is 7.27. The van der Waals surface area contributed by atoms with Gasteiger partial charge in [-0.25, -0.2) is 4.79 Å². The van der Waals surface area contributed by atoms with E-state index in [0.717, 1.165) is 30.2 Å². The smallest absolute Gasteiger partial charge is 0.323 e. The summed E-state index contributed by atoms with van der Waals surface area (Å²) in [5.41, 5.74) is 3.31. The minimum absolute atomic E-state index is 0.216. The lowest BCUT2D eigenvalue weighted by atomic mass is 10.1. The summed E-state index contributed by atoms with van der Waals surface area (Å²) in [5.74, 6) is 0.619. The van der Waals surface area contributed by atoms with Gasteiger partial charge in [0.05, 0.1) is 28.4 Å². The number of carbonyl (C=O) groups is 2. The zero-order valence-electron chi connectivity index (χ0n) is 22.5. The quantitative estimate of drug-likeness (QED) is 0.263. The molecule has 3 N–H and O–H groups in total. The van der Waals surface area contributed by atoms with Crippen LogP contribution in [0.2, 0.25) is 10.0 Å². The molecular weight excluding hydrogens is 553 g/mol. The highest BCUT2D eigenvalue weighted by molar-refractivity contribution is 6.42. The number of amides is 3. The van der Waals surface area contributed by atoms with Crippen LogP contribution in [0, 0.1) is 0 Å². The number of piperazine rings is 1. The number of nitrogens with one attached hydrogen (secondary N) is 3. The molecule has 0 aromatic heterocycles. The first kappa shape index (κ1) is 29.3. The van der Waals surface area contributed by atoms with Crippen LogP contribution in [0.3, 0.4) is 0 Å². The Morgan fingerprint density at radius 3 is 2.15 bits per heavy atom. The largest absolute Gasteiger partial charge is 0.495 e. The summed E-state index contributed by atoms with van der Waals surface area (Å²) in [6.45, 7) is 3.99. The van der Waals surface area contributed by atoms with Crippen LogP contribution in [0.15, 0.2) is 60.7 Å². The second-order valence-corrected chi connectivity index (χ2v) is 10.0. The van der Waals surface area contributed by atoms with E-state index in [2.05, 4.69) is 31.8 Å². The van der Waals surface area contributed by atoms with Gasteiger partial charge in [-0.2, -0.15) is 0 Å². The number of methoxy groups -OCH3 is 2. The van der Waals surface area contributed by atoms with Crippen molar-refractivity contribution in [3.8, 4) is 5.75 Å². The van der Waals surface area contributed by atoms with Crippen LogP contribution >= 0.6 is 23.2 Å². The second-order valence-electron chi connectivity index (χ2n) is 9.19. The number of halogens is 2. The number of hydrogen-bond donors (Lipinski definition) is 3. The molecule has 0 saturated carbocycles. The molecule has 1 heterocycles. The van der Waals surface area contributed by atoms with E-state index in [1.54, 1.807) is 44.6 Å². The molecule has 40 heavy (non-hydrogen) atoms. The highest BCUT2D eigenvalue weighted by atomic mass is 35.5. The number of hydrogen-bond acceptors (Lipinski definition) is 6. The average Bonchev–Trinajstić information content (AvgIpc) is 2.97. The molecule has 11 heteroatoms. The van der Waals surface area contributed by atoms with E-state index in [-0.39, 0.29) is 5.91 Å². The summed E-state index contributed by atoms with van der Waals surface area (Å²) in [6.07, 6.45) is 0.694. The molecule has 3 aromatic carbocycles. The van der Waals surface area contributed by atoms with Crippen LogP contribution in [-0.2, 0) is 4.74 Å². The van der Waals surface area contributed by atoms with Gasteiger partial charge in [-0.3, -0.25) is 4.79 Å². The van der Waals surface area contributed by atoms with E-state index in [4.69, 9.17) is 32.7 Å². The summed E-state index contributed by atoms with van der Waals surface area (Å²) in [7, 11) is 3.30. The van der Waals surface area contributed by atoms with Gasteiger partial charge in [0, 0.05) is 63.5 Å². The number of benzene rings is 3. The molecule has 3 amide bonds. The molecule has 212 valence electrons. The Balaban J connectivity index is 1.49. The van der Waals surface area contributed by atoms with E-state index in [1.165, 1.54) is 0 Å². The van der Waals surface area contributed by atoms with E-state index < -0.39 is 6.03 Å². The van der Waals surface area contributed by atoms with Crippen LogP contribution in [0.1, 0.15) is 16.8 Å². The molecule has 0 radical (unpaired) electrons. The van der Waals surface area contributed by atoms with E-state index in [9.17, 15) is 9.59 Å². The summed E-state index contributed by atoms with van der Waals surface area (Å²) in [4.78, 5) is 30.4. The van der Waals surface area contributed by atoms with E-state index in [1.807, 2.05) is 24.3 Å². The van der Waals surface area contributed by atoms with Crippen molar-refractivity contribution in [1.29, 1.82) is 0 Å². The third-order valence-electron chi connectivity index (χ3n) is 6.53. The molecule has 3 aromatic rings. The normalized spacial score (nSPS) is 13.1. The monoisotopic (exact) mass is 585 g/mol. The molecule has 1 aliphatic rings. The highest BCUT2D eigenvalue weighted by Gasteiger charge is 2.24. The zero-order chi connectivity index (χ0) is 28.5. The average molecular weight is 587 g/mol. The number of ether oxygens (including phenoxy) is 2. The molecule has 4 rings (SSSR count).